The van der Waals surface area contributed by atoms with Crippen LogP contribution in [-0.4, -0.2) is 23.5 Å². The number of nitrogens with one attached hydrogen (secondary N) is 2. The molecule has 5 heteroatoms. The first-order valence-corrected chi connectivity index (χ1v) is 7.33. The largest absolute Gasteiger partial charge is 0.462 e. The molecule has 0 radical (unpaired) electrons. The molecule has 0 aliphatic rings. The van der Waals surface area contributed by atoms with Crippen LogP contribution in [0, 0.1) is 0 Å². The first-order valence-electron chi connectivity index (χ1n) is 7.33. The van der Waals surface area contributed by atoms with Crippen molar-refractivity contribution in [2.24, 2.45) is 0 Å². The number of carbonyl (C=O) groups is 2. The maximum absolute atomic E-state index is 12.3. The average molecular weight is 308 g/mol. The molecule has 1 heterocycles. The van der Waals surface area contributed by atoms with E-state index < -0.39 is 5.97 Å². The summed E-state index contributed by atoms with van der Waals surface area (Å²) in [5, 5.41) is 3.75. The van der Waals surface area contributed by atoms with Crippen LogP contribution in [0.15, 0.2) is 54.6 Å². The topological polar surface area (TPSA) is 71.2 Å². The lowest BCUT2D eigenvalue weighted by molar-refractivity contribution is 0.0526. The van der Waals surface area contributed by atoms with Gasteiger partial charge in [0.15, 0.2) is 0 Å². The van der Waals surface area contributed by atoms with Gasteiger partial charge in [-0.3, -0.25) is 4.79 Å². The van der Waals surface area contributed by atoms with E-state index >= 15 is 0 Å². The predicted molar refractivity (Wildman–Crippen MR) is 88.7 cm³/mol. The molecule has 3 rings (SSSR count). The molecule has 116 valence electrons. The molecule has 0 saturated carbocycles. The van der Waals surface area contributed by atoms with Crippen molar-refractivity contribution in [2.45, 2.75) is 6.92 Å². The molecule has 2 N–H and O–H groups in total. The van der Waals surface area contributed by atoms with Gasteiger partial charge in [0.2, 0.25) is 0 Å². The third kappa shape index (κ3) is 3.23. The van der Waals surface area contributed by atoms with Crippen molar-refractivity contribution >= 4 is 28.5 Å². The molecule has 0 aliphatic heterocycles. The Morgan fingerprint density at radius 1 is 1.09 bits per heavy atom. The number of aromatic nitrogens is 1. The lowest BCUT2D eigenvalue weighted by Crippen LogP contribution is -2.13. The molecule has 0 bridgehead atoms. The molecule has 2 aromatic carbocycles. The van der Waals surface area contributed by atoms with Crippen LogP contribution in [-0.2, 0) is 4.74 Å². The van der Waals surface area contributed by atoms with E-state index in [9.17, 15) is 9.59 Å². The Labute approximate surface area is 133 Å². The van der Waals surface area contributed by atoms with E-state index in [0.29, 0.717) is 23.6 Å². The van der Waals surface area contributed by atoms with Gasteiger partial charge in [0.25, 0.3) is 5.91 Å². The van der Waals surface area contributed by atoms with Crippen LogP contribution in [0.5, 0.6) is 0 Å². The van der Waals surface area contributed by atoms with Crippen LogP contribution in [0.2, 0.25) is 0 Å². The summed E-state index contributed by atoms with van der Waals surface area (Å²) < 4.78 is 4.95. The third-order valence-electron chi connectivity index (χ3n) is 3.41. The second-order valence-electron chi connectivity index (χ2n) is 5.03. The number of ether oxygens (including phenoxy) is 1. The van der Waals surface area contributed by atoms with Crippen molar-refractivity contribution in [2.75, 3.05) is 11.9 Å². The number of carbonyl (C=O) groups excluding carboxylic acids is 2. The highest BCUT2D eigenvalue weighted by Gasteiger charge is 2.11. The van der Waals surface area contributed by atoms with E-state index in [1.54, 1.807) is 37.3 Å². The number of H-pyrrole nitrogens is 1. The van der Waals surface area contributed by atoms with E-state index in [0.717, 1.165) is 10.9 Å². The fourth-order valence-corrected chi connectivity index (χ4v) is 2.33. The summed E-state index contributed by atoms with van der Waals surface area (Å²) in [6.07, 6.45) is 0. The van der Waals surface area contributed by atoms with Crippen LogP contribution in [0.3, 0.4) is 0 Å². The molecule has 23 heavy (non-hydrogen) atoms. The lowest BCUT2D eigenvalue weighted by Gasteiger charge is -2.06. The van der Waals surface area contributed by atoms with Gasteiger partial charge in [0.05, 0.1) is 12.2 Å². The number of amides is 1. The zero-order valence-electron chi connectivity index (χ0n) is 12.6. The Morgan fingerprint density at radius 2 is 1.91 bits per heavy atom. The summed E-state index contributed by atoms with van der Waals surface area (Å²) in [6, 6.07) is 16.1. The van der Waals surface area contributed by atoms with Crippen molar-refractivity contribution in [3.8, 4) is 0 Å². The second-order valence-corrected chi connectivity index (χ2v) is 5.03. The van der Waals surface area contributed by atoms with Crippen molar-refractivity contribution < 1.29 is 14.3 Å². The van der Waals surface area contributed by atoms with Gasteiger partial charge in [-0.15, -0.1) is 0 Å². The molecule has 5 nitrogen and oxygen atoms in total. The van der Waals surface area contributed by atoms with Crippen LogP contribution < -0.4 is 5.32 Å². The van der Waals surface area contributed by atoms with Gasteiger partial charge in [-0.25, -0.2) is 4.79 Å². The third-order valence-corrected chi connectivity index (χ3v) is 3.41. The molecule has 0 fully saturated rings. The molecule has 0 saturated heterocycles. The number of anilines is 1. The van der Waals surface area contributed by atoms with Crippen LogP contribution >= 0.6 is 0 Å². The number of benzene rings is 2. The summed E-state index contributed by atoms with van der Waals surface area (Å²) in [6.45, 7) is 2.06. The molecule has 3 aromatic rings. The zero-order chi connectivity index (χ0) is 16.2. The summed E-state index contributed by atoms with van der Waals surface area (Å²) in [5.41, 5.74) is 2.31. The van der Waals surface area contributed by atoms with Crippen LogP contribution in [0.25, 0.3) is 10.9 Å². The first-order chi connectivity index (χ1) is 11.2. The van der Waals surface area contributed by atoms with Gasteiger partial charge in [-0.2, -0.15) is 0 Å². The highest BCUT2D eigenvalue weighted by molar-refractivity contribution is 6.06. The summed E-state index contributed by atoms with van der Waals surface area (Å²) in [4.78, 5) is 27.1. The zero-order valence-corrected chi connectivity index (χ0v) is 12.6. The van der Waals surface area contributed by atoms with E-state index in [1.807, 2.05) is 24.3 Å². The highest BCUT2D eigenvalue weighted by atomic mass is 16.5. The van der Waals surface area contributed by atoms with E-state index in [1.165, 1.54) is 0 Å². The maximum Gasteiger partial charge on any atom is 0.338 e. The quantitative estimate of drug-likeness (QED) is 0.723. The van der Waals surface area contributed by atoms with Gasteiger partial charge in [0.1, 0.15) is 5.69 Å². The second kappa shape index (κ2) is 6.36. The number of hydrogen-bond acceptors (Lipinski definition) is 3. The predicted octanol–water partition coefficient (Wildman–Crippen LogP) is 3.60. The molecule has 0 aliphatic carbocycles. The van der Waals surface area contributed by atoms with E-state index in [4.69, 9.17) is 4.74 Å². The number of aromatic amines is 1. The number of esters is 1. The first kappa shape index (κ1) is 14.8. The Kier molecular flexibility index (Phi) is 4.10. The number of fused-ring (bicyclic) bond motifs is 1. The van der Waals surface area contributed by atoms with Crippen molar-refractivity contribution in [3.63, 3.8) is 0 Å². The van der Waals surface area contributed by atoms with Crippen LogP contribution in [0.4, 0.5) is 5.69 Å². The lowest BCUT2D eigenvalue weighted by atomic mass is 10.2. The van der Waals surface area contributed by atoms with E-state index in [2.05, 4.69) is 10.3 Å². The standard InChI is InChI=1S/C18H16N2O3/c1-2-23-18(22)13-7-5-8-14(10-13)19-17(21)16-11-12-6-3-4-9-15(12)20-16/h3-11,20H,2H2,1H3,(H,19,21). The van der Waals surface area contributed by atoms with Crippen LogP contribution in [0.1, 0.15) is 27.8 Å². The average Bonchev–Trinajstić information content (AvgIpc) is 2.99. The monoisotopic (exact) mass is 308 g/mol. The minimum Gasteiger partial charge on any atom is -0.462 e. The molecule has 1 aromatic heterocycles. The smallest absolute Gasteiger partial charge is 0.338 e. The normalized spacial score (nSPS) is 10.5. The number of para-hydroxylation sites is 1. The Bertz CT molecular complexity index is 834. The summed E-state index contributed by atoms with van der Waals surface area (Å²) in [5.74, 6) is -0.670. The molecular formula is C18H16N2O3. The number of hydrogen-bond donors (Lipinski definition) is 2. The Morgan fingerprint density at radius 3 is 2.70 bits per heavy atom. The van der Waals surface area contributed by atoms with Crippen molar-refractivity contribution in [1.29, 1.82) is 0 Å². The van der Waals surface area contributed by atoms with Crippen molar-refractivity contribution in [1.82, 2.24) is 4.98 Å². The highest BCUT2D eigenvalue weighted by Crippen LogP contribution is 2.17. The van der Waals surface area contributed by atoms with Gasteiger partial charge >= 0.3 is 5.97 Å². The SMILES string of the molecule is CCOC(=O)c1cccc(NC(=O)c2cc3ccccc3[nH]2)c1. The minimum absolute atomic E-state index is 0.262. The molecule has 0 unspecified atom stereocenters. The Hall–Kier alpha value is -3.08. The molecule has 1 amide bonds. The fraction of sp³-hybridized carbons (Fsp3) is 0.111. The van der Waals surface area contributed by atoms with Gasteiger partial charge in [0, 0.05) is 16.6 Å². The fourth-order valence-electron chi connectivity index (χ4n) is 2.33. The van der Waals surface area contributed by atoms with Gasteiger partial charge in [-0.05, 0) is 37.3 Å². The summed E-state index contributed by atoms with van der Waals surface area (Å²) >= 11 is 0. The molecular weight excluding hydrogens is 292 g/mol. The minimum atomic E-state index is -0.408. The Balaban J connectivity index is 1.79. The number of rotatable bonds is 4. The summed E-state index contributed by atoms with van der Waals surface area (Å²) in [7, 11) is 0. The van der Waals surface area contributed by atoms with Gasteiger partial charge < -0.3 is 15.0 Å². The molecule has 0 spiro atoms. The van der Waals surface area contributed by atoms with E-state index in [-0.39, 0.29) is 5.91 Å². The van der Waals surface area contributed by atoms with Crippen molar-refractivity contribution in [3.05, 3.63) is 65.9 Å². The van der Waals surface area contributed by atoms with Gasteiger partial charge in [-0.1, -0.05) is 24.3 Å². The maximum atomic E-state index is 12.3. The molecule has 0 atom stereocenters.